The van der Waals surface area contributed by atoms with Crippen molar-refractivity contribution in [1.29, 1.82) is 0 Å². The van der Waals surface area contributed by atoms with E-state index in [2.05, 4.69) is 15.4 Å². The zero-order chi connectivity index (χ0) is 13.1. The van der Waals surface area contributed by atoms with E-state index in [4.69, 9.17) is 0 Å². The second-order valence-corrected chi connectivity index (χ2v) is 4.70. The third-order valence-electron chi connectivity index (χ3n) is 3.03. The molecular formula is C11H17N5O2. The Bertz CT molecular complexity index is 431. The Morgan fingerprint density at radius 2 is 2.44 bits per heavy atom. The number of nitrogens with one attached hydrogen (secondary N) is 1. The molecule has 7 nitrogen and oxygen atoms in total. The van der Waals surface area contributed by atoms with Gasteiger partial charge in [-0.25, -0.2) is 4.98 Å². The van der Waals surface area contributed by atoms with Gasteiger partial charge in [0, 0.05) is 26.1 Å². The van der Waals surface area contributed by atoms with Crippen LogP contribution in [0.2, 0.25) is 0 Å². The average molecular weight is 251 g/mol. The van der Waals surface area contributed by atoms with E-state index in [1.807, 2.05) is 6.92 Å². The first-order valence-corrected chi connectivity index (χ1v) is 5.93. The molecule has 98 valence electrons. The van der Waals surface area contributed by atoms with E-state index in [-0.39, 0.29) is 23.8 Å². The maximum absolute atomic E-state index is 11.9. The van der Waals surface area contributed by atoms with Crippen molar-refractivity contribution in [3.05, 3.63) is 12.7 Å². The molecule has 2 rings (SSSR count). The summed E-state index contributed by atoms with van der Waals surface area (Å²) in [5, 5.41) is 6.87. The number of hydrogen-bond acceptors (Lipinski definition) is 4. The molecule has 1 fully saturated rings. The zero-order valence-corrected chi connectivity index (χ0v) is 10.5. The minimum atomic E-state index is -0.235. The summed E-state index contributed by atoms with van der Waals surface area (Å²) >= 11 is 0. The number of rotatable bonds is 4. The Morgan fingerprint density at radius 3 is 3.00 bits per heavy atom. The third-order valence-corrected chi connectivity index (χ3v) is 3.03. The average Bonchev–Trinajstić information content (AvgIpc) is 2.90. The van der Waals surface area contributed by atoms with Crippen LogP contribution in [0, 0.1) is 5.92 Å². The largest absolute Gasteiger partial charge is 0.351 e. The van der Waals surface area contributed by atoms with Gasteiger partial charge in [0.2, 0.25) is 11.8 Å². The van der Waals surface area contributed by atoms with Gasteiger partial charge in [0.15, 0.2) is 0 Å². The third kappa shape index (κ3) is 2.85. The molecule has 1 aliphatic rings. The number of nitrogens with zero attached hydrogens (tertiary/aromatic N) is 4. The van der Waals surface area contributed by atoms with Gasteiger partial charge in [-0.15, -0.1) is 0 Å². The summed E-state index contributed by atoms with van der Waals surface area (Å²) in [5.41, 5.74) is 0. The number of likely N-dealkylation sites (tertiary alicyclic amines) is 1. The van der Waals surface area contributed by atoms with Crippen molar-refractivity contribution < 1.29 is 9.59 Å². The van der Waals surface area contributed by atoms with Gasteiger partial charge in [0.25, 0.3) is 0 Å². The molecule has 1 N–H and O–H groups in total. The molecule has 0 saturated carbocycles. The van der Waals surface area contributed by atoms with Crippen LogP contribution in [-0.4, -0.2) is 51.1 Å². The van der Waals surface area contributed by atoms with Gasteiger partial charge < -0.3 is 10.2 Å². The van der Waals surface area contributed by atoms with Crippen LogP contribution in [0.15, 0.2) is 12.7 Å². The van der Waals surface area contributed by atoms with E-state index in [1.165, 1.54) is 6.33 Å². The fourth-order valence-electron chi connectivity index (χ4n) is 2.05. The van der Waals surface area contributed by atoms with Crippen LogP contribution in [-0.2, 0) is 16.1 Å². The van der Waals surface area contributed by atoms with E-state index >= 15 is 0 Å². The van der Waals surface area contributed by atoms with Crippen molar-refractivity contribution in [3.63, 3.8) is 0 Å². The van der Waals surface area contributed by atoms with Crippen molar-refractivity contribution in [2.75, 3.05) is 13.6 Å². The van der Waals surface area contributed by atoms with E-state index in [9.17, 15) is 9.59 Å². The Kier molecular flexibility index (Phi) is 3.59. The Labute approximate surface area is 105 Å². The molecule has 1 aromatic heterocycles. The van der Waals surface area contributed by atoms with Crippen LogP contribution in [0.3, 0.4) is 0 Å². The number of aromatic nitrogens is 3. The molecule has 7 heteroatoms. The molecule has 0 spiro atoms. The van der Waals surface area contributed by atoms with E-state index < -0.39 is 0 Å². The molecule has 0 radical (unpaired) electrons. The van der Waals surface area contributed by atoms with Crippen LogP contribution < -0.4 is 5.32 Å². The first-order valence-electron chi connectivity index (χ1n) is 5.93. The zero-order valence-electron chi connectivity index (χ0n) is 10.5. The highest BCUT2D eigenvalue weighted by atomic mass is 16.2. The number of hydrogen-bond donors (Lipinski definition) is 1. The molecule has 1 aliphatic heterocycles. The lowest BCUT2D eigenvalue weighted by Crippen LogP contribution is -2.40. The molecule has 2 atom stereocenters. The number of carbonyl (C=O) groups excluding carboxylic acids is 2. The number of carbonyl (C=O) groups is 2. The van der Waals surface area contributed by atoms with Crippen molar-refractivity contribution >= 4 is 11.8 Å². The van der Waals surface area contributed by atoms with E-state index in [0.717, 1.165) is 0 Å². The number of amides is 2. The topological polar surface area (TPSA) is 80.1 Å². The van der Waals surface area contributed by atoms with Gasteiger partial charge in [0.1, 0.15) is 12.7 Å². The Hall–Kier alpha value is -1.92. The molecule has 0 aromatic carbocycles. The molecular weight excluding hydrogens is 234 g/mol. The van der Waals surface area contributed by atoms with Gasteiger partial charge in [0.05, 0.1) is 12.5 Å². The molecule has 2 heterocycles. The fraction of sp³-hybridized carbons (Fsp3) is 0.636. The van der Waals surface area contributed by atoms with Gasteiger partial charge in [-0.3, -0.25) is 14.3 Å². The molecule has 1 aromatic rings. The van der Waals surface area contributed by atoms with Crippen molar-refractivity contribution in [2.45, 2.75) is 25.9 Å². The first kappa shape index (κ1) is 12.5. The van der Waals surface area contributed by atoms with Crippen molar-refractivity contribution in [2.24, 2.45) is 5.92 Å². The highest BCUT2D eigenvalue weighted by Gasteiger charge is 2.32. The van der Waals surface area contributed by atoms with Gasteiger partial charge in [-0.1, -0.05) is 0 Å². The maximum atomic E-state index is 11.9. The SMILES string of the molecule is C[C@@H](Cn1cncn1)NC(=O)[C@H]1CC(=O)N(C)C1. The standard InChI is InChI=1S/C11H17N5O2/c1-8(4-16-7-12-6-13-16)14-11(18)9-3-10(17)15(2)5-9/h6-9H,3-5H2,1-2H3,(H,14,18)/t8-,9-/m0/s1. The quantitative estimate of drug-likeness (QED) is 0.764. The molecule has 18 heavy (non-hydrogen) atoms. The molecule has 2 amide bonds. The second kappa shape index (κ2) is 5.16. The summed E-state index contributed by atoms with van der Waals surface area (Å²) in [7, 11) is 1.72. The highest BCUT2D eigenvalue weighted by molar-refractivity contribution is 5.89. The lowest BCUT2D eigenvalue weighted by Gasteiger charge is -2.16. The summed E-state index contributed by atoms with van der Waals surface area (Å²) in [6.07, 6.45) is 3.37. The lowest BCUT2D eigenvalue weighted by atomic mass is 10.1. The van der Waals surface area contributed by atoms with Gasteiger partial charge in [-0.2, -0.15) is 5.10 Å². The van der Waals surface area contributed by atoms with Crippen LogP contribution in [0.5, 0.6) is 0 Å². The monoisotopic (exact) mass is 251 g/mol. The van der Waals surface area contributed by atoms with Gasteiger partial charge >= 0.3 is 0 Å². The fourth-order valence-corrected chi connectivity index (χ4v) is 2.05. The molecule has 1 saturated heterocycles. The Morgan fingerprint density at radius 1 is 1.67 bits per heavy atom. The minimum Gasteiger partial charge on any atom is -0.351 e. The van der Waals surface area contributed by atoms with Crippen molar-refractivity contribution in [3.8, 4) is 0 Å². The smallest absolute Gasteiger partial charge is 0.225 e. The van der Waals surface area contributed by atoms with E-state index in [0.29, 0.717) is 19.5 Å². The normalized spacial score (nSPS) is 21.1. The second-order valence-electron chi connectivity index (χ2n) is 4.70. The van der Waals surface area contributed by atoms with Crippen LogP contribution >= 0.6 is 0 Å². The Balaban J connectivity index is 1.82. The lowest BCUT2D eigenvalue weighted by molar-refractivity contribution is -0.128. The maximum Gasteiger partial charge on any atom is 0.225 e. The summed E-state index contributed by atoms with van der Waals surface area (Å²) in [6.45, 7) is 2.98. The van der Waals surface area contributed by atoms with Crippen LogP contribution in [0.1, 0.15) is 13.3 Å². The summed E-state index contributed by atoms with van der Waals surface area (Å²) in [4.78, 5) is 28.7. The minimum absolute atomic E-state index is 0.0269. The molecule has 0 unspecified atom stereocenters. The van der Waals surface area contributed by atoms with Crippen LogP contribution in [0.25, 0.3) is 0 Å². The molecule has 0 aliphatic carbocycles. The summed E-state index contributed by atoms with van der Waals surface area (Å²) in [6, 6.07) is -0.0415. The summed E-state index contributed by atoms with van der Waals surface area (Å²) < 4.78 is 1.66. The predicted octanol–water partition coefficient (Wildman–Crippen LogP) is -0.739. The first-order chi connectivity index (χ1) is 8.56. The van der Waals surface area contributed by atoms with Gasteiger partial charge in [-0.05, 0) is 6.92 Å². The summed E-state index contributed by atoms with van der Waals surface area (Å²) in [5.74, 6) is -0.278. The predicted molar refractivity (Wildman–Crippen MR) is 63.4 cm³/mol. The van der Waals surface area contributed by atoms with Crippen LogP contribution in [0.4, 0.5) is 0 Å². The highest BCUT2D eigenvalue weighted by Crippen LogP contribution is 2.16. The van der Waals surface area contributed by atoms with E-state index in [1.54, 1.807) is 23.0 Å². The molecule has 0 bridgehead atoms. The van der Waals surface area contributed by atoms with Crippen molar-refractivity contribution in [1.82, 2.24) is 25.0 Å².